The van der Waals surface area contributed by atoms with Gasteiger partial charge in [-0.25, -0.2) is 13.2 Å². The predicted octanol–water partition coefficient (Wildman–Crippen LogP) is 2.96. The number of carbonyl (C=O) groups excluding carboxylic acids is 2. The monoisotopic (exact) mass is 404 g/mol. The van der Waals surface area contributed by atoms with Crippen LogP contribution >= 0.6 is 0 Å². The average molecular weight is 404 g/mol. The lowest BCUT2D eigenvalue weighted by Gasteiger charge is -2.30. The van der Waals surface area contributed by atoms with Gasteiger partial charge in [-0.2, -0.15) is 0 Å². The van der Waals surface area contributed by atoms with Crippen LogP contribution in [0.2, 0.25) is 0 Å². The Bertz CT molecular complexity index is 938. The van der Waals surface area contributed by atoms with E-state index in [0.29, 0.717) is 16.9 Å². The summed E-state index contributed by atoms with van der Waals surface area (Å²) in [6.45, 7) is 3.65. The lowest BCUT2D eigenvalue weighted by molar-refractivity contribution is -0.117. The van der Waals surface area contributed by atoms with Crippen molar-refractivity contribution in [3.8, 4) is 0 Å². The van der Waals surface area contributed by atoms with Crippen LogP contribution in [-0.4, -0.2) is 39.7 Å². The third kappa shape index (κ3) is 5.10. The van der Waals surface area contributed by atoms with E-state index >= 15 is 0 Å². The number of ether oxygens (including phenoxy) is 1. The first-order chi connectivity index (χ1) is 13.2. The van der Waals surface area contributed by atoms with Gasteiger partial charge in [-0.3, -0.25) is 9.10 Å². The highest BCUT2D eigenvalue weighted by Gasteiger charge is 2.31. The SMILES string of the molecule is CC[C@H](C(=O)Nc1ccc(C(=O)OC)cc1)N(c1ccc(C)cc1)S(C)(=O)=O. The van der Waals surface area contributed by atoms with E-state index in [1.54, 1.807) is 43.3 Å². The molecule has 2 aromatic carbocycles. The fourth-order valence-electron chi connectivity index (χ4n) is 2.79. The Balaban J connectivity index is 2.29. The van der Waals surface area contributed by atoms with Crippen LogP contribution in [-0.2, 0) is 19.6 Å². The Morgan fingerprint density at radius 3 is 2.11 bits per heavy atom. The molecule has 0 aliphatic rings. The van der Waals surface area contributed by atoms with Crippen LogP contribution in [0, 0.1) is 6.92 Å². The molecule has 8 heteroatoms. The van der Waals surface area contributed by atoms with E-state index in [9.17, 15) is 18.0 Å². The van der Waals surface area contributed by atoms with Crippen LogP contribution in [0.25, 0.3) is 0 Å². The second-order valence-corrected chi connectivity index (χ2v) is 8.24. The number of benzene rings is 2. The number of carbonyl (C=O) groups is 2. The van der Waals surface area contributed by atoms with Gasteiger partial charge in [0.15, 0.2) is 0 Å². The number of esters is 1. The summed E-state index contributed by atoms with van der Waals surface area (Å²) >= 11 is 0. The molecular formula is C20H24N2O5S. The summed E-state index contributed by atoms with van der Waals surface area (Å²) in [5.74, 6) is -0.939. The summed E-state index contributed by atoms with van der Waals surface area (Å²) in [5.41, 5.74) is 2.22. The molecule has 0 aromatic heterocycles. The lowest BCUT2D eigenvalue weighted by Crippen LogP contribution is -2.47. The van der Waals surface area contributed by atoms with Gasteiger partial charge in [-0.05, 0) is 49.7 Å². The number of amides is 1. The van der Waals surface area contributed by atoms with Crippen LogP contribution in [0.15, 0.2) is 48.5 Å². The molecule has 0 saturated heterocycles. The molecule has 0 fully saturated rings. The topological polar surface area (TPSA) is 92.8 Å². The molecule has 0 spiro atoms. The Labute approximate surface area is 165 Å². The molecule has 150 valence electrons. The highest BCUT2D eigenvalue weighted by molar-refractivity contribution is 7.92. The van der Waals surface area contributed by atoms with E-state index < -0.39 is 27.9 Å². The van der Waals surface area contributed by atoms with Crippen molar-refractivity contribution < 1.29 is 22.7 Å². The highest BCUT2D eigenvalue weighted by Crippen LogP contribution is 2.24. The second-order valence-electron chi connectivity index (χ2n) is 6.38. The lowest BCUT2D eigenvalue weighted by atomic mass is 10.1. The average Bonchev–Trinajstić information content (AvgIpc) is 2.66. The number of hydrogen-bond acceptors (Lipinski definition) is 5. The smallest absolute Gasteiger partial charge is 0.337 e. The molecule has 1 atom stereocenters. The summed E-state index contributed by atoms with van der Waals surface area (Å²) in [6.07, 6.45) is 1.36. The van der Waals surface area contributed by atoms with Crippen molar-refractivity contribution in [3.63, 3.8) is 0 Å². The zero-order valence-electron chi connectivity index (χ0n) is 16.3. The van der Waals surface area contributed by atoms with Crippen molar-refractivity contribution in [1.82, 2.24) is 0 Å². The molecule has 0 unspecified atom stereocenters. The van der Waals surface area contributed by atoms with Gasteiger partial charge >= 0.3 is 5.97 Å². The summed E-state index contributed by atoms with van der Waals surface area (Å²) in [5, 5.41) is 2.71. The van der Waals surface area contributed by atoms with Gasteiger partial charge in [-0.15, -0.1) is 0 Å². The van der Waals surface area contributed by atoms with E-state index in [1.165, 1.54) is 19.2 Å². The number of nitrogens with one attached hydrogen (secondary N) is 1. The number of aryl methyl sites for hydroxylation is 1. The molecular weight excluding hydrogens is 380 g/mol. The zero-order chi connectivity index (χ0) is 20.9. The molecule has 0 aliphatic heterocycles. The third-order valence-corrected chi connectivity index (χ3v) is 5.37. The van der Waals surface area contributed by atoms with E-state index in [-0.39, 0.29) is 6.42 Å². The van der Waals surface area contributed by atoms with Crippen molar-refractivity contribution in [1.29, 1.82) is 0 Å². The Hall–Kier alpha value is -2.87. The normalized spacial score (nSPS) is 12.1. The quantitative estimate of drug-likeness (QED) is 0.716. The second kappa shape index (κ2) is 8.88. The standard InChI is InChI=1S/C20H24N2O5S/c1-5-18(22(28(4,25)26)17-12-6-14(2)7-13-17)19(23)21-16-10-8-15(9-11-16)20(24)27-3/h6-13,18H,5H2,1-4H3,(H,21,23)/t18-/m1/s1. The van der Waals surface area contributed by atoms with Crippen molar-refractivity contribution in [2.24, 2.45) is 0 Å². The maximum absolute atomic E-state index is 12.8. The zero-order valence-corrected chi connectivity index (χ0v) is 17.1. The molecule has 2 rings (SSSR count). The summed E-state index contributed by atoms with van der Waals surface area (Å²) < 4.78 is 30.6. The number of sulfonamides is 1. The molecule has 0 heterocycles. The van der Waals surface area contributed by atoms with Crippen LogP contribution < -0.4 is 9.62 Å². The maximum Gasteiger partial charge on any atom is 0.337 e. The number of rotatable bonds is 7. The Morgan fingerprint density at radius 2 is 1.64 bits per heavy atom. The first-order valence-corrected chi connectivity index (χ1v) is 10.6. The van der Waals surface area contributed by atoms with Gasteiger partial charge in [0.05, 0.1) is 24.6 Å². The summed E-state index contributed by atoms with van der Waals surface area (Å²) in [4.78, 5) is 24.3. The van der Waals surface area contributed by atoms with Crippen molar-refractivity contribution in [3.05, 3.63) is 59.7 Å². The van der Waals surface area contributed by atoms with Gasteiger partial charge in [0, 0.05) is 5.69 Å². The third-order valence-electron chi connectivity index (χ3n) is 4.19. The number of anilines is 2. The van der Waals surface area contributed by atoms with Gasteiger partial charge in [0.2, 0.25) is 15.9 Å². The Kier molecular flexibility index (Phi) is 6.80. The largest absolute Gasteiger partial charge is 0.465 e. The van der Waals surface area contributed by atoms with Crippen molar-refractivity contribution in [2.45, 2.75) is 26.3 Å². The summed E-state index contributed by atoms with van der Waals surface area (Å²) in [6, 6.07) is 12.2. The fourth-order valence-corrected chi connectivity index (χ4v) is 4.00. The van der Waals surface area contributed by atoms with E-state index in [0.717, 1.165) is 16.1 Å². The molecule has 7 nitrogen and oxygen atoms in total. The van der Waals surface area contributed by atoms with E-state index in [4.69, 9.17) is 0 Å². The molecule has 0 bridgehead atoms. The highest BCUT2D eigenvalue weighted by atomic mass is 32.2. The number of methoxy groups -OCH3 is 1. The fraction of sp³-hybridized carbons (Fsp3) is 0.300. The van der Waals surface area contributed by atoms with Crippen molar-refractivity contribution in [2.75, 3.05) is 23.0 Å². The van der Waals surface area contributed by atoms with Gasteiger partial charge in [0.1, 0.15) is 6.04 Å². The minimum atomic E-state index is -3.69. The van der Waals surface area contributed by atoms with Crippen molar-refractivity contribution >= 4 is 33.3 Å². The maximum atomic E-state index is 12.8. The predicted molar refractivity (Wildman–Crippen MR) is 109 cm³/mol. The first kappa shape index (κ1) is 21.4. The van der Waals surface area contributed by atoms with Crippen LogP contribution in [0.1, 0.15) is 29.3 Å². The van der Waals surface area contributed by atoms with Crippen LogP contribution in [0.5, 0.6) is 0 Å². The van der Waals surface area contributed by atoms with Gasteiger partial charge in [-0.1, -0.05) is 24.6 Å². The van der Waals surface area contributed by atoms with E-state index in [1.807, 2.05) is 6.92 Å². The van der Waals surface area contributed by atoms with Crippen LogP contribution in [0.4, 0.5) is 11.4 Å². The minimum Gasteiger partial charge on any atom is -0.465 e. The molecule has 28 heavy (non-hydrogen) atoms. The first-order valence-electron chi connectivity index (χ1n) is 8.72. The molecule has 1 N–H and O–H groups in total. The minimum absolute atomic E-state index is 0.285. The molecule has 0 aliphatic carbocycles. The molecule has 1 amide bonds. The number of hydrogen-bond donors (Lipinski definition) is 1. The van der Waals surface area contributed by atoms with E-state index in [2.05, 4.69) is 10.1 Å². The molecule has 0 radical (unpaired) electrons. The molecule has 2 aromatic rings. The number of nitrogens with zero attached hydrogens (tertiary/aromatic N) is 1. The summed E-state index contributed by atoms with van der Waals surface area (Å²) in [7, 11) is -2.40. The van der Waals surface area contributed by atoms with Gasteiger partial charge in [0.25, 0.3) is 0 Å². The van der Waals surface area contributed by atoms with Gasteiger partial charge < -0.3 is 10.1 Å². The molecule has 0 saturated carbocycles. The van der Waals surface area contributed by atoms with Crippen LogP contribution in [0.3, 0.4) is 0 Å². The Morgan fingerprint density at radius 1 is 1.07 bits per heavy atom.